The molecule has 0 aliphatic rings. The van der Waals surface area contributed by atoms with Gasteiger partial charge in [0.2, 0.25) is 21.8 Å². The van der Waals surface area contributed by atoms with Gasteiger partial charge in [-0.3, -0.25) is 13.9 Å². The van der Waals surface area contributed by atoms with Gasteiger partial charge in [0.05, 0.1) is 27.0 Å². The Morgan fingerprint density at radius 3 is 2.07 bits per heavy atom. The lowest BCUT2D eigenvalue weighted by Gasteiger charge is -2.34. The lowest BCUT2D eigenvalue weighted by Crippen LogP contribution is -2.53. The van der Waals surface area contributed by atoms with Gasteiger partial charge in [0, 0.05) is 35.1 Å². The number of hydrogen-bond donors (Lipinski definition) is 1. The molecule has 0 heterocycles. The molecule has 3 aromatic rings. The molecule has 0 aliphatic carbocycles. The Bertz CT molecular complexity index is 1500. The van der Waals surface area contributed by atoms with Crippen LogP contribution in [0.15, 0.2) is 60.7 Å². The van der Waals surface area contributed by atoms with Crippen molar-refractivity contribution in [3.05, 3.63) is 96.9 Å². The Hall–Kier alpha value is -2.20. The second-order valence-corrected chi connectivity index (χ2v) is 13.5. The molecule has 0 saturated carbocycles. The number of rotatable bonds is 13. The van der Waals surface area contributed by atoms with E-state index < -0.39 is 34.4 Å². The molecular weight excluding hydrogens is 664 g/mol. The molecule has 0 aliphatic heterocycles. The molecule has 0 aromatic heterocycles. The molecule has 0 fully saturated rings. The van der Waals surface area contributed by atoms with Crippen molar-refractivity contribution in [2.75, 3.05) is 23.7 Å². The van der Waals surface area contributed by atoms with Crippen molar-refractivity contribution in [2.24, 2.45) is 0 Å². The van der Waals surface area contributed by atoms with Crippen LogP contribution in [0.25, 0.3) is 0 Å². The summed E-state index contributed by atoms with van der Waals surface area (Å²) < 4.78 is 26.8. The minimum absolute atomic E-state index is 0.0264. The van der Waals surface area contributed by atoms with E-state index in [-0.39, 0.29) is 43.8 Å². The van der Waals surface area contributed by atoms with Crippen molar-refractivity contribution in [1.29, 1.82) is 0 Å². The van der Waals surface area contributed by atoms with Crippen LogP contribution in [0, 0.1) is 0 Å². The van der Waals surface area contributed by atoms with Crippen molar-refractivity contribution in [2.45, 2.75) is 38.8 Å². The van der Waals surface area contributed by atoms with E-state index >= 15 is 0 Å². The molecule has 0 spiro atoms. The van der Waals surface area contributed by atoms with Crippen molar-refractivity contribution in [3.63, 3.8) is 0 Å². The van der Waals surface area contributed by atoms with Gasteiger partial charge in [0.25, 0.3) is 0 Å². The fourth-order valence-corrected chi connectivity index (χ4v) is 6.28. The van der Waals surface area contributed by atoms with E-state index in [2.05, 4.69) is 5.32 Å². The van der Waals surface area contributed by atoms with Crippen LogP contribution in [0.4, 0.5) is 5.69 Å². The first-order valence-electron chi connectivity index (χ1n) is 13.0. The summed E-state index contributed by atoms with van der Waals surface area (Å²) in [5, 5.41) is 3.63. The summed E-state index contributed by atoms with van der Waals surface area (Å²) in [4.78, 5) is 29.1. The minimum atomic E-state index is -4.06. The number of carbonyl (C=O) groups is 2. The summed E-state index contributed by atoms with van der Waals surface area (Å²) in [6, 6.07) is 15.6. The van der Waals surface area contributed by atoms with E-state index in [1.54, 1.807) is 18.2 Å². The number of nitrogens with zero attached hydrogens (tertiary/aromatic N) is 2. The average molecular weight is 694 g/mol. The third-order valence-electron chi connectivity index (χ3n) is 6.43. The number of carbonyl (C=O) groups excluding carboxylic acids is 2. The van der Waals surface area contributed by atoms with Crippen molar-refractivity contribution in [3.8, 4) is 0 Å². The van der Waals surface area contributed by atoms with Crippen LogP contribution in [0.5, 0.6) is 0 Å². The van der Waals surface area contributed by atoms with E-state index in [1.165, 1.54) is 17.0 Å². The Labute approximate surface area is 271 Å². The van der Waals surface area contributed by atoms with Crippen LogP contribution in [0.3, 0.4) is 0 Å². The summed E-state index contributed by atoms with van der Waals surface area (Å²) in [5.41, 5.74) is 1.17. The maximum atomic E-state index is 14.2. The predicted octanol–water partition coefficient (Wildman–Crippen LogP) is 7.28. The second kappa shape index (κ2) is 15.5. The molecule has 0 radical (unpaired) electrons. The van der Waals surface area contributed by atoms with Crippen molar-refractivity contribution >= 4 is 85.5 Å². The summed E-state index contributed by atoms with van der Waals surface area (Å²) >= 11 is 31.5. The molecular formula is C29H30Cl5N3O4S. The topological polar surface area (TPSA) is 86.8 Å². The number of amides is 2. The summed E-state index contributed by atoms with van der Waals surface area (Å²) in [5.74, 6) is -1.09. The Morgan fingerprint density at radius 2 is 1.48 bits per heavy atom. The van der Waals surface area contributed by atoms with Gasteiger partial charge in [-0.05, 0) is 36.2 Å². The van der Waals surface area contributed by atoms with E-state index in [1.807, 2.05) is 37.3 Å². The Kier molecular flexibility index (Phi) is 12.7. The molecule has 226 valence electrons. The monoisotopic (exact) mass is 691 g/mol. The number of anilines is 1. The van der Waals surface area contributed by atoms with Gasteiger partial charge >= 0.3 is 0 Å². The van der Waals surface area contributed by atoms with Crippen LogP contribution >= 0.6 is 58.0 Å². The van der Waals surface area contributed by atoms with Gasteiger partial charge in [-0.25, -0.2) is 8.42 Å². The summed E-state index contributed by atoms with van der Waals surface area (Å²) in [6.45, 7) is 1.55. The molecule has 0 saturated heterocycles. The average Bonchev–Trinajstić information content (AvgIpc) is 2.93. The fourth-order valence-electron chi connectivity index (χ4n) is 4.21. The van der Waals surface area contributed by atoms with Gasteiger partial charge in [0.1, 0.15) is 12.6 Å². The van der Waals surface area contributed by atoms with Crippen LogP contribution in [-0.4, -0.2) is 50.5 Å². The molecule has 1 atom stereocenters. The predicted molar refractivity (Wildman–Crippen MR) is 173 cm³/mol. The van der Waals surface area contributed by atoms with E-state index in [0.29, 0.717) is 12.1 Å². The molecule has 1 N–H and O–H groups in total. The normalized spacial score (nSPS) is 12.1. The smallest absolute Gasteiger partial charge is 0.244 e. The Morgan fingerprint density at radius 1 is 0.857 bits per heavy atom. The highest BCUT2D eigenvalue weighted by Gasteiger charge is 2.34. The zero-order valence-electron chi connectivity index (χ0n) is 22.9. The maximum Gasteiger partial charge on any atom is 0.244 e. The molecule has 7 nitrogen and oxygen atoms in total. The van der Waals surface area contributed by atoms with Crippen LogP contribution < -0.4 is 9.62 Å². The van der Waals surface area contributed by atoms with E-state index in [0.717, 1.165) is 29.0 Å². The van der Waals surface area contributed by atoms with Gasteiger partial charge in [0.15, 0.2) is 0 Å². The SMILES string of the molecule is CCCCNC(=O)C(Cc1ccccc1)N(Cc1c(Cl)cccc1Cl)C(=O)CN(c1cc(Cl)c(Cl)cc1Cl)S(C)(=O)=O. The highest BCUT2D eigenvalue weighted by molar-refractivity contribution is 7.92. The summed E-state index contributed by atoms with van der Waals surface area (Å²) in [7, 11) is -4.06. The highest BCUT2D eigenvalue weighted by Crippen LogP contribution is 2.36. The standard InChI is InChI=1S/C29H30Cl5N3O4S/c1-3-4-13-35-29(39)27(14-19-9-6-5-7-10-19)36(17-20-21(30)11-8-12-22(20)31)28(38)18-37(42(2,40)41)26-16-24(33)23(32)15-25(26)34/h5-12,15-16,27H,3-4,13-14,17-18H2,1-2H3,(H,35,39). The van der Waals surface area contributed by atoms with Gasteiger partial charge in [-0.15, -0.1) is 0 Å². The van der Waals surface area contributed by atoms with Crippen molar-refractivity contribution < 1.29 is 18.0 Å². The molecule has 2 amide bonds. The number of benzene rings is 3. The highest BCUT2D eigenvalue weighted by atomic mass is 35.5. The number of halogens is 5. The van der Waals surface area contributed by atoms with Gasteiger partial charge < -0.3 is 10.2 Å². The molecule has 1 unspecified atom stereocenters. The molecule has 3 aromatic carbocycles. The van der Waals surface area contributed by atoms with E-state index in [4.69, 9.17) is 58.0 Å². The zero-order valence-corrected chi connectivity index (χ0v) is 27.5. The maximum absolute atomic E-state index is 14.2. The molecule has 0 bridgehead atoms. The molecule has 42 heavy (non-hydrogen) atoms. The number of hydrogen-bond acceptors (Lipinski definition) is 4. The van der Waals surface area contributed by atoms with Crippen molar-refractivity contribution in [1.82, 2.24) is 10.2 Å². The fraction of sp³-hybridized carbons (Fsp3) is 0.310. The number of nitrogens with one attached hydrogen (secondary N) is 1. The number of unbranched alkanes of at least 4 members (excludes halogenated alkanes) is 1. The quantitative estimate of drug-likeness (QED) is 0.151. The Balaban J connectivity index is 2.12. The lowest BCUT2D eigenvalue weighted by atomic mass is 10.0. The first-order valence-corrected chi connectivity index (χ1v) is 16.7. The summed E-state index contributed by atoms with van der Waals surface area (Å²) in [6.07, 6.45) is 2.69. The largest absolute Gasteiger partial charge is 0.354 e. The first kappa shape index (κ1) is 34.3. The third-order valence-corrected chi connectivity index (χ3v) is 9.29. The van der Waals surface area contributed by atoms with Crippen LogP contribution in [-0.2, 0) is 32.6 Å². The van der Waals surface area contributed by atoms with Gasteiger partial charge in [-0.1, -0.05) is 108 Å². The van der Waals surface area contributed by atoms with Gasteiger partial charge in [-0.2, -0.15) is 0 Å². The molecule has 13 heteroatoms. The van der Waals surface area contributed by atoms with Crippen LogP contribution in [0.2, 0.25) is 25.1 Å². The molecule has 3 rings (SSSR count). The van der Waals surface area contributed by atoms with Crippen LogP contribution in [0.1, 0.15) is 30.9 Å². The lowest BCUT2D eigenvalue weighted by molar-refractivity contribution is -0.140. The third kappa shape index (κ3) is 9.15. The second-order valence-electron chi connectivity index (χ2n) is 9.56. The minimum Gasteiger partial charge on any atom is -0.354 e. The zero-order chi connectivity index (χ0) is 31.0. The number of sulfonamides is 1. The van der Waals surface area contributed by atoms with E-state index in [9.17, 15) is 18.0 Å². The first-order chi connectivity index (χ1) is 19.8.